The van der Waals surface area contributed by atoms with Crippen LogP contribution >= 0.6 is 11.8 Å². The maximum Gasteiger partial charge on any atom is 0.277 e. The highest BCUT2D eigenvalue weighted by molar-refractivity contribution is 7.98. The van der Waals surface area contributed by atoms with Crippen LogP contribution in [0.25, 0.3) is 22.5 Å². The molecular formula is C19H20N6O3S2. The van der Waals surface area contributed by atoms with Crippen molar-refractivity contribution in [3.05, 3.63) is 48.5 Å². The van der Waals surface area contributed by atoms with Gasteiger partial charge in [-0.25, -0.2) is 17.7 Å². The van der Waals surface area contributed by atoms with Gasteiger partial charge in [0.2, 0.25) is 15.9 Å². The Hall–Kier alpha value is -2.76. The van der Waals surface area contributed by atoms with E-state index in [1.165, 1.54) is 30.2 Å². The molecule has 1 aromatic carbocycles. The first kappa shape index (κ1) is 20.5. The quantitative estimate of drug-likeness (QED) is 0.400. The van der Waals surface area contributed by atoms with Crippen molar-refractivity contribution >= 4 is 32.8 Å². The van der Waals surface area contributed by atoms with Crippen molar-refractivity contribution in [3.8, 4) is 11.5 Å². The largest absolute Gasteiger partial charge is 0.411 e. The summed E-state index contributed by atoms with van der Waals surface area (Å²) >= 11 is 1.38. The Balaban J connectivity index is 1.59. The summed E-state index contributed by atoms with van der Waals surface area (Å²) in [6, 6.07) is 8.63. The van der Waals surface area contributed by atoms with E-state index >= 15 is 0 Å². The van der Waals surface area contributed by atoms with Crippen molar-refractivity contribution in [1.82, 2.24) is 29.0 Å². The lowest BCUT2D eigenvalue weighted by Gasteiger charge is -2.11. The number of imidazole rings is 1. The van der Waals surface area contributed by atoms with Gasteiger partial charge in [0.1, 0.15) is 5.82 Å². The Morgan fingerprint density at radius 3 is 2.60 bits per heavy atom. The minimum Gasteiger partial charge on any atom is -0.411 e. The number of rotatable bonds is 7. The fourth-order valence-corrected chi connectivity index (χ4v) is 4.63. The molecule has 0 bridgehead atoms. The van der Waals surface area contributed by atoms with Crippen LogP contribution in [0.3, 0.4) is 0 Å². The molecule has 4 aromatic rings. The van der Waals surface area contributed by atoms with E-state index < -0.39 is 10.0 Å². The first-order valence-corrected chi connectivity index (χ1v) is 11.6. The standard InChI is InChI=1S/C19H20N6O3S2/c1-4-25-16-6-5-14(30(26,27)24(2)3)11-15(16)21-17(25)12-29-19-23-22-18(28-19)13-7-9-20-10-8-13/h5-11H,4,12H2,1-3H3. The first-order valence-electron chi connectivity index (χ1n) is 9.18. The molecule has 0 saturated carbocycles. The number of sulfonamides is 1. The summed E-state index contributed by atoms with van der Waals surface area (Å²) in [5.74, 6) is 1.75. The Labute approximate surface area is 178 Å². The van der Waals surface area contributed by atoms with Crippen LogP contribution in [-0.4, -0.2) is 51.6 Å². The highest BCUT2D eigenvalue weighted by Crippen LogP contribution is 2.28. The normalized spacial score (nSPS) is 12.1. The van der Waals surface area contributed by atoms with Gasteiger partial charge in [0.25, 0.3) is 5.22 Å². The molecule has 0 aliphatic heterocycles. The van der Waals surface area contributed by atoms with Gasteiger partial charge < -0.3 is 8.98 Å². The zero-order valence-electron chi connectivity index (χ0n) is 16.7. The van der Waals surface area contributed by atoms with Gasteiger partial charge in [-0.05, 0) is 37.3 Å². The van der Waals surface area contributed by atoms with Crippen molar-refractivity contribution < 1.29 is 12.8 Å². The van der Waals surface area contributed by atoms with Crippen LogP contribution in [0.4, 0.5) is 0 Å². The van der Waals surface area contributed by atoms with Crippen LogP contribution < -0.4 is 0 Å². The summed E-state index contributed by atoms with van der Waals surface area (Å²) in [4.78, 5) is 8.86. The van der Waals surface area contributed by atoms with Gasteiger partial charge >= 0.3 is 0 Å². The topological polar surface area (TPSA) is 107 Å². The smallest absolute Gasteiger partial charge is 0.277 e. The Morgan fingerprint density at radius 2 is 1.90 bits per heavy atom. The van der Waals surface area contributed by atoms with Gasteiger partial charge in [-0.2, -0.15) is 0 Å². The molecule has 0 saturated heterocycles. The number of nitrogens with zero attached hydrogens (tertiary/aromatic N) is 6. The third-order valence-corrected chi connectivity index (χ3v) is 7.18. The first-order chi connectivity index (χ1) is 14.4. The number of benzene rings is 1. The Bertz CT molecular complexity index is 1280. The molecule has 0 aliphatic carbocycles. The summed E-state index contributed by atoms with van der Waals surface area (Å²) in [7, 11) is -0.495. The van der Waals surface area contributed by atoms with E-state index in [2.05, 4.69) is 24.7 Å². The van der Waals surface area contributed by atoms with Gasteiger partial charge in [-0.1, -0.05) is 11.8 Å². The molecule has 156 valence electrons. The fourth-order valence-electron chi connectivity index (χ4n) is 3.00. The van der Waals surface area contributed by atoms with Crippen LogP contribution in [0.1, 0.15) is 12.7 Å². The van der Waals surface area contributed by atoms with Crippen LogP contribution in [0.5, 0.6) is 0 Å². The highest BCUT2D eigenvalue weighted by Gasteiger charge is 2.20. The molecule has 0 atom stereocenters. The van der Waals surface area contributed by atoms with Gasteiger partial charge in [-0.15, -0.1) is 10.2 Å². The molecule has 0 unspecified atom stereocenters. The van der Waals surface area contributed by atoms with Crippen LogP contribution in [-0.2, 0) is 22.3 Å². The second-order valence-electron chi connectivity index (χ2n) is 6.61. The van der Waals surface area contributed by atoms with Gasteiger partial charge in [0.15, 0.2) is 0 Å². The molecule has 9 nitrogen and oxygen atoms in total. The van der Waals surface area contributed by atoms with Crippen LogP contribution in [0, 0.1) is 0 Å². The highest BCUT2D eigenvalue weighted by atomic mass is 32.2. The molecule has 3 heterocycles. The van der Waals surface area contributed by atoms with Crippen molar-refractivity contribution in [2.75, 3.05) is 14.1 Å². The molecule has 0 fully saturated rings. The molecule has 0 aliphatic rings. The fraction of sp³-hybridized carbons (Fsp3) is 0.263. The summed E-state index contributed by atoms with van der Waals surface area (Å²) in [5.41, 5.74) is 2.33. The molecule has 0 N–H and O–H groups in total. The van der Waals surface area contributed by atoms with Crippen molar-refractivity contribution in [1.29, 1.82) is 0 Å². The van der Waals surface area contributed by atoms with Gasteiger partial charge in [-0.3, -0.25) is 4.98 Å². The van der Waals surface area contributed by atoms with E-state index in [0.29, 0.717) is 28.9 Å². The molecular weight excluding hydrogens is 424 g/mol. The van der Waals surface area contributed by atoms with Crippen LogP contribution in [0.2, 0.25) is 0 Å². The number of hydrogen-bond donors (Lipinski definition) is 0. The Morgan fingerprint density at radius 1 is 1.13 bits per heavy atom. The maximum atomic E-state index is 12.4. The number of aryl methyl sites for hydroxylation is 1. The van der Waals surface area contributed by atoms with E-state index in [0.717, 1.165) is 16.9 Å². The average molecular weight is 445 g/mol. The zero-order chi connectivity index (χ0) is 21.3. The molecule has 0 spiro atoms. The maximum absolute atomic E-state index is 12.4. The third kappa shape index (κ3) is 3.83. The number of aromatic nitrogens is 5. The minimum absolute atomic E-state index is 0.221. The number of pyridine rings is 1. The van der Waals surface area contributed by atoms with Gasteiger partial charge in [0.05, 0.1) is 21.7 Å². The number of fused-ring (bicyclic) bond motifs is 1. The second kappa shape index (κ2) is 8.17. The van der Waals surface area contributed by atoms with E-state index in [9.17, 15) is 8.42 Å². The molecule has 4 rings (SSSR count). The zero-order valence-corrected chi connectivity index (χ0v) is 18.3. The second-order valence-corrected chi connectivity index (χ2v) is 9.69. The van der Waals surface area contributed by atoms with Gasteiger partial charge in [0, 0.05) is 38.6 Å². The lowest BCUT2D eigenvalue weighted by Crippen LogP contribution is -2.22. The summed E-state index contributed by atoms with van der Waals surface area (Å²) < 4.78 is 33.8. The predicted octanol–water partition coefficient (Wildman–Crippen LogP) is 3.04. The van der Waals surface area contributed by atoms with E-state index in [4.69, 9.17) is 4.42 Å². The molecule has 11 heteroatoms. The Kier molecular flexibility index (Phi) is 5.58. The molecule has 0 radical (unpaired) electrons. The van der Waals surface area contributed by atoms with Crippen molar-refractivity contribution in [2.45, 2.75) is 29.3 Å². The molecule has 3 aromatic heterocycles. The molecule has 0 amide bonds. The van der Waals surface area contributed by atoms with E-state index in [-0.39, 0.29) is 4.90 Å². The van der Waals surface area contributed by atoms with Crippen molar-refractivity contribution in [2.24, 2.45) is 0 Å². The summed E-state index contributed by atoms with van der Waals surface area (Å²) in [6.07, 6.45) is 3.33. The lowest BCUT2D eigenvalue weighted by molar-refractivity contribution is 0.465. The van der Waals surface area contributed by atoms with Crippen LogP contribution in [0.15, 0.2) is 57.3 Å². The predicted molar refractivity (Wildman–Crippen MR) is 113 cm³/mol. The van der Waals surface area contributed by atoms with Crippen molar-refractivity contribution in [3.63, 3.8) is 0 Å². The minimum atomic E-state index is -3.52. The SMILES string of the molecule is CCn1c(CSc2nnc(-c3ccncc3)o2)nc2cc(S(=O)(=O)N(C)C)ccc21. The molecule has 30 heavy (non-hydrogen) atoms. The van der Waals surface area contributed by atoms with E-state index in [1.807, 2.05) is 6.92 Å². The third-order valence-electron chi connectivity index (χ3n) is 4.55. The number of hydrogen-bond acceptors (Lipinski definition) is 8. The summed E-state index contributed by atoms with van der Waals surface area (Å²) in [6.45, 7) is 2.73. The van der Waals surface area contributed by atoms with E-state index in [1.54, 1.807) is 42.7 Å². The lowest BCUT2D eigenvalue weighted by atomic mass is 10.3. The summed E-state index contributed by atoms with van der Waals surface area (Å²) in [5, 5.41) is 8.60. The number of thioether (sulfide) groups is 1. The monoisotopic (exact) mass is 444 g/mol. The average Bonchev–Trinajstić information content (AvgIpc) is 3.36.